The lowest BCUT2D eigenvalue weighted by molar-refractivity contribution is -0.136. The molecule has 0 aliphatic carbocycles. The van der Waals surface area contributed by atoms with Gasteiger partial charge in [-0.2, -0.15) is 0 Å². The van der Waals surface area contributed by atoms with Crippen LogP contribution in [0.15, 0.2) is 18.2 Å². The molecule has 4 rings (SSSR count). The van der Waals surface area contributed by atoms with Crippen molar-refractivity contribution in [1.29, 1.82) is 0 Å². The van der Waals surface area contributed by atoms with E-state index in [4.69, 9.17) is 0 Å². The Labute approximate surface area is 177 Å². The molecule has 31 heavy (non-hydrogen) atoms. The number of likely N-dealkylation sites (tertiary alicyclic amines) is 1. The third kappa shape index (κ3) is 3.47. The summed E-state index contributed by atoms with van der Waals surface area (Å²) in [5.74, 6) is -2.73. The van der Waals surface area contributed by atoms with Gasteiger partial charge in [0.25, 0.3) is 11.8 Å². The Kier molecular flexibility index (Phi) is 4.87. The molecule has 0 spiro atoms. The van der Waals surface area contributed by atoms with Crippen molar-refractivity contribution in [3.8, 4) is 0 Å². The number of piperidine rings is 1. The lowest BCUT2D eigenvalue weighted by Gasteiger charge is -2.27. The Morgan fingerprint density at radius 1 is 1.13 bits per heavy atom. The topological polar surface area (TPSA) is 133 Å². The monoisotopic (exact) mass is 426 g/mol. The predicted octanol–water partition coefficient (Wildman–Crippen LogP) is 0.285. The van der Waals surface area contributed by atoms with Crippen LogP contribution in [0.3, 0.4) is 0 Å². The Morgan fingerprint density at radius 2 is 1.84 bits per heavy atom. The average molecular weight is 426 g/mol. The van der Waals surface area contributed by atoms with Crippen molar-refractivity contribution >= 4 is 41.1 Å². The zero-order valence-electron chi connectivity index (χ0n) is 17.2. The van der Waals surface area contributed by atoms with Crippen LogP contribution in [0.1, 0.15) is 53.8 Å². The van der Waals surface area contributed by atoms with Gasteiger partial charge in [0, 0.05) is 32.1 Å². The van der Waals surface area contributed by atoms with E-state index in [1.807, 2.05) is 0 Å². The second kappa shape index (κ2) is 7.29. The van der Waals surface area contributed by atoms with Crippen LogP contribution in [0.25, 0.3) is 0 Å². The summed E-state index contributed by atoms with van der Waals surface area (Å²) in [6.45, 7) is 4.04. The van der Waals surface area contributed by atoms with Crippen LogP contribution in [-0.4, -0.2) is 64.4 Å². The molecular formula is C21H22N4O6. The van der Waals surface area contributed by atoms with E-state index in [0.29, 0.717) is 25.2 Å². The molecule has 0 saturated carbocycles. The molecule has 162 valence electrons. The Hall–Kier alpha value is -3.56. The van der Waals surface area contributed by atoms with E-state index in [-0.39, 0.29) is 35.8 Å². The van der Waals surface area contributed by atoms with E-state index in [9.17, 15) is 28.8 Å². The van der Waals surface area contributed by atoms with E-state index in [1.54, 1.807) is 11.8 Å². The minimum absolute atomic E-state index is 0.0426. The highest BCUT2D eigenvalue weighted by molar-refractivity contribution is 6.24. The van der Waals surface area contributed by atoms with Crippen molar-refractivity contribution in [3.05, 3.63) is 29.3 Å². The number of amides is 6. The van der Waals surface area contributed by atoms with Crippen LogP contribution >= 0.6 is 0 Å². The number of fused-ring (bicyclic) bond motifs is 1. The van der Waals surface area contributed by atoms with Gasteiger partial charge in [0.1, 0.15) is 6.04 Å². The molecular weight excluding hydrogens is 404 g/mol. The molecule has 2 N–H and O–H groups in total. The fraction of sp³-hybridized carbons (Fsp3) is 0.429. The van der Waals surface area contributed by atoms with E-state index in [2.05, 4.69) is 10.6 Å². The van der Waals surface area contributed by atoms with Gasteiger partial charge < -0.3 is 10.2 Å². The van der Waals surface area contributed by atoms with Gasteiger partial charge in [-0.3, -0.25) is 39.0 Å². The normalized spacial score (nSPS) is 25.5. The maximum Gasteiger partial charge on any atom is 0.262 e. The maximum atomic E-state index is 12.9. The molecule has 3 heterocycles. The summed E-state index contributed by atoms with van der Waals surface area (Å²) in [6.07, 6.45) is 0.635. The third-order valence-electron chi connectivity index (χ3n) is 6.16. The van der Waals surface area contributed by atoms with E-state index < -0.39 is 35.1 Å². The summed E-state index contributed by atoms with van der Waals surface area (Å²) >= 11 is 0. The van der Waals surface area contributed by atoms with Gasteiger partial charge in [0.15, 0.2) is 0 Å². The van der Waals surface area contributed by atoms with Crippen LogP contribution in [-0.2, 0) is 19.2 Å². The molecule has 2 saturated heterocycles. The molecule has 3 aliphatic heterocycles. The molecule has 0 aromatic heterocycles. The summed E-state index contributed by atoms with van der Waals surface area (Å²) in [4.78, 5) is 76.1. The quantitative estimate of drug-likeness (QED) is 0.668. The zero-order valence-corrected chi connectivity index (χ0v) is 17.2. The minimum Gasteiger partial charge on any atom is -0.342 e. The first-order valence-electron chi connectivity index (χ1n) is 10.0. The molecule has 6 amide bonds. The first kappa shape index (κ1) is 20.7. The highest BCUT2D eigenvalue weighted by atomic mass is 16.2. The Morgan fingerprint density at radius 3 is 2.48 bits per heavy atom. The van der Waals surface area contributed by atoms with Crippen LogP contribution in [0, 0.1) is 5.41 Å². The van der Waals surface area contributed by atoms with Crippen molar-refractivity contribution in [3.63, 3.8) is 0 Å². The van der Waals surface area contributed by atoms with Gasteiger partial charge in [-0.25, -0.2) is 0 Å². The first-order valence-corrected chi connectivity index (χ1v) is 10.0. The molecule has 2 unspecified atom stereocenters. The lowest BCUT2D eigenvalue weighted by atomic mass is 9.88. The molecule has 2 fully saturated rings. The summed E-state index contributed by atoms with van der Waals surface area (Å²) in [6, 6.07) is 3.34. The molecule has 0 radical (unpaired) electrons. The van der Waals surface area contributed by atoms with Crippen molar-refractivity contribution in [2.75, 3.05) is 18.4 Å². The van der Waals surface area contributed by atoms with Crippen LogP contribution in [0.2, 0.25) is 0 Å². The highest BCUT2D eigenvalue weighted by Gasteiger charge is 2.45. The van der Waals surface area contributed by atoms with Crippen molar-refractivity contribution < 1.29 is 28.8 Å². The molecule has 10 heteroatoms. The summed E-state index contributed by atoms with van der Waals surface area (Å²) in [5.41, 5.74) is -0.182. The zero-order chi connectivity index (χ0) is 22.5. The molecule has 1 aromatic rings. The first-order chi connectivity index (χ1) is 14.6. The largest absolute Gasteiger partial charge is 0.342 e. The Bertz CT molecular complexity index is 1050. The highest BCUT2D eigenvalue weighted by Crippen LogP contribution is 2.33. The second-order valence-corrected chi connectivity index (χ2v) is 8.41. The van der Waals surface area contributed by atoms with Gasteiger partial charge in [-0.1, -0.05) is 0 Å². The average Bonchev–Trinajstić information content (AvgIpc) is 3.23. The number of carbonyl (C=O) groups excluding carboxylic acids is 6. The van der Waals surface area contributed by atoms with Crippen LogP contribution in [0.4, 0.5) is 5.69 Å². The van der Waals surface area contributed by atoms with Gasteiger partial charge in [-0.15, -0.1) is 0 Å². The number of anilines is 1. The van der Waals surface area contributed by atoms with E-state index >= 15 is 0 Å². The number of benzene rings is 1. The fourth-order valence-corrected chi connectivity index (χ4v) is 4.25. The number of rotatable bonds is 3. The van der Waals surface area contributed by atoms with Gasteiger partial charge in [-0.05, 0) is 38.0 Å². The number of imide groups is 2. The van der Waals surface area contributed by atoms with E-state index in [1.165, 1.54) is 25.1 Å². The standard InChI is InChI=1S/C21H22N4O6/c1-11(26)24-8-7-21(2,10-24)20(31)22-12-3-4-13-14(9-12)19(30)25(18(13)29)15-5-6-16(27)23-17(15)28/h3-4,9,15H,5-8,10H2,1-2H3,(H,22,31)(H,23,27,28). The lowest BCUT2D eigenvalue weighted by Crippen LogP contribution is -2.54. The summed E-state index contributed by atoms with van der Waals surface area (Å²) in [7, 11) is 0. The third-order valence-corrected chi connectivity index (χ3v) is 6.16. The smallest absolute Gasteiger partial charge is 0.262 e. The van der Waals surface area contributed by atoms with Crippen LogP contribution < -0.4 is 10.6 Å². The number of carbonyl (C=O) groups is 6. The predicted molar refractivity (Wildman–Crippen MR) is 107 cm³/mol. The molecule has 3 aliphatic rings. The number of hydrogen-bond acceptors (Lipinski definition) is 6. The van der Waals surface area contributed by atoms with Gasteiger partial charge >= 0.3 is 0 Å². The van der Waals surface area contributed by atoms with E-state index in [0.717, 1.165) is 4.90 Å². The summed E-state index contributed by atoms with van der Waals surface area (Å²) < 4.78 is 0. The fourth-order valence-electron chi connectivity index (χ4n) is 4.25. The summed E-state index contributed by atoms with van der Waals surface area (Å²) in [5, 5.41) is 4.92. The SMILES string of the molecule is CC(=O)N1CCC(C)(C(=O)Nc2ccc3c(c2)C(=O)N(C2CCC(=O)NC2=O)C3=O)C1. The molecule has 10 nitrogen and oxygen atoms in total. The number of nitrogens with zero attached hydrogens (tertiary/aromatic N) is 2. The second-order valence-electron chi connectivity index (χ2n) is 8.41. The number of hydrogen-bond donors (Lipinski definition) is 2. The maximum absolute atomic E-state index is 12.9. The molecule has 1 aromatic carbocycles. The Balaban J connectivity index is 1.52. The van der Waals surface area contributed by atoms with Crippen molar-refractivity contribution in [2.45, 2.75) is 39.2 Å². The molecule has 0 bridgehead atoms. The van der Waals surface area contributed by atoms with Crippen LogP contribution in [0.5, 0.6) is 0 Å². The van der Waals surface area contributed by atoms with Crippen molar-refractivity contribution in [2.24, 2.45) is 5.41 Å². The van der Waals surface area contributed by atoms with Gasteiger partial charge in [0.2, 0.25) is 23.6 Å². The molecule has 2 atom stereocenters. The number of nitrogens with one attached hydrogen (secondary N) is 2. The van der Waals surface area contributed by atoms with Gasteiger partial charge in [0.05, 0.1) is 16.5 Å². The minimum atomic E-state index is -1.04. The van der Waals surface area contributed by atoms with Crippen molar-refractivity contribution in [1.82, 2.24) is 15.1 Å².